The molecule has 0 aliphatic carbocycles. The number of unbranched alkanes of at least 4 members (excludes halogenated alkanes) is 3. The molecule has 0 spiro atoms. The van der Waals surface area contributed by atoms with Crippen LogP contribution in [0.5, 0.6) is 11.5 Å². The minimum absolute atomic E-state index is 0.195. The molecule has 0 aliphatic rings. The van der Waals surface area contributed by atoms with E-state index >= 15 is 0 Å². The summed E-state index contributed by atoms with van der Waals surface area (Å²) in [6.07, 6.45) is 6.65. The molecule has 0 bridgehead atoms. The van der Waals surface area contributed by atoms with Gasteiger partial charge in [0.2, 0.25) is 11.8 Å². The van der Waals surface area contributed by atoms with E-state index in [1.54, 1.807) is 97.1 Å². The summed E-state index contributed by atoms with van der Waals surface area (Å²) in [4.78, 5) is 48.4. The number of carbonyl (C=O) groups is 4. The van der Waals surface area contributed by atoms with E-state index in [1.807, 2.05) is 12.1 Å². The van der Waals surface area contributed by atoms with Gasteiger partial charge in [-0.15, -0.1) is 0 Å². The van der Waals surface area contributed by atoms with Crippen molar-refractivity contribution in [1.29, 1.82) is 0 Å². The summed E-state index contributed by atoms with van der Waals surface area (Å²) in [5, 5.41) is 7.95. The first-order valence-electron chi connectivity index (χ1n) is 14.8. The van der Waals surface area contributed by atoms with Crippen molar-refractivity contribution in [3.63, 3.8) is 0 Å². The lowest BCUT2D eigenvalue weighted by Gasteiger charge is -2.04. The van der Waals surface area contributed by atoms with Gasteiger partial charge in [0.05, 0.1) is 23.6 Å². The van der Waals surface area contributed by atoms with Gasteiger partial charge in [-0.1, -0.05) is 49.2 Å². The van der Waals surface area contributed by atoms with Gasteiger partial charge in [0.15, 0.2) is 0 Å². The van der Waals surface area contributed by atoms with Crippen molar-refractivity contribution in [2.75, 3.05) is 0 Å². The van der Waals surface area contributed by atoms with Crippen molar-refractivity contribution in [1.82, 2.24) is 10.9 Å². The first-order chi connectivity index (χ1) is 22.5. The minimum Gasteiger partial charge on any atom is -0.423 e. The molecule has 0 aliphatic heterocycles. The zero-order valence-corrected chi connectivity index (χ0v) is 25.1. The topological polar surface area (TPSA) is 136 Å². The summed E-state index contributed by atoms with van der Waals surface area (Å²) in [5.41, 5.74) is 7.42. The quantitative estimate of drug-likeness (QED) is 0.0546. The van der Waals surface area contributed by atoms with Crippen LogP contribution in [0.3, 0.4) is 0 Å². The molecule has 10 heteroatoms. The second-order valence-corrected chi connectivity index (χ2v) is 10.1. The number of benzene rings is 4. The molecule has 10 nitrogen and oxygen atoms in total. The van der Waals surface area contributed by atoms with Gasteiger partial charge in [0, 0.05) is 12.8 Å². The van der Waals surface area contributed by atoms with Crippen molar-refractivity contribution in [2.45, 2.75) is 38.5 Å². The van der Waals surface area contributed by atoms with Crippen molar-refractivity contribution in [3.05, 3.63) is 131 Å². The molecular weight excluding hydrogens is 584 g/mol. The smallest absolute Gasteiger partial charge is 0.343 e. The second-order valence-electron chi connectivity index (χ2n) is 10.1. The highest BCUT2D eigenvalue weighted by Gasteiger charge is 2.09. The second kappa shape index (κ2) is 18.0. The lowest BCUT2D eigenvalue weighted by Crippen LogP contribution is -2.17. The van der Waals surface area contributed by atoms with Crippen LogP contribution < -0.4 is 20.3 Å². The van der Waals surface area contributed by atoms with Gasteiger partial charge in [-0.2, -0.15) is 10.2 Å². The minimum atomic E-state index is -0.437. The molecule has 234 valence electrons. The maximum absolute atomic E-state index is 12.1. The van der Waals surface area contributed by atoms with Crippen LogP contribution in [0.1, 0.15) is 70.4 Å². The number of nitrogens with one attached hydrogen (secondary N) is 2. The van der Waals surface area contributed by atoms with E-state index < -0.39 is 11.9 Å². The SMILES string of the molecule is O=C(CCCCCCC(=O)NN=Cc1ccc(OC(=O)c2ccccc2)cc1)NN=Cc1ccc(OC(=O)c2ccccc2)cc1. The summed E-state index contributed by atoms with van der Waals surface area (Å²) in [6, 6.07) is 31.0. The number of rotatable bonds is 15. The van der Waals surface area contributed by atoms with E-state index in [0.29, 0.717) is 48.3 Å². The molecule has 4 aromatic carbocycles. The number of hydrogen-bond acceptors (Lipinski definition) is 8. The monoisotopic (exact) mass is 618 g/mol. The van der Waals surface area contributed by atoms with E-state index in [0.717, 1.165) is 24.0 Å². The fourth-order valence-corrected chi connectivity index (χ4v) is 4.12. The Labute approximate surface area is 267 Å². The maximum atomic E-state index is 12.1. The zero-order valence-electron chi connectivity index (χ0n) is 25.1. The number of esters is 2. The molecule has 0 unspecified atom stereocenters. The van der Waals surface area contributed by atoms with E-state index in [2.05, 4.69) is 21.1 Å². The van der Waals surface area contributed by atoms with Crippen LogP contribution in [0.2, 0.25) is 0 Å². The lowest BCUT2D eigenvalue weighted by atomic mass is 10.1. The Morgan fingerprint density at radius 2 is 0.870 bits per heavy atom. The van der Waals surface area contributed by atoms with Crippen LogP contribution in [0.25, 0.3) is 0 Å². The third kappa shape index (κ3) is 11.6. The first kappa shape index (κ1) is 33.0. The van der Waals surface area contributed by atoms with Crippen molar-refractivity contribution >= 4 is 36.2 Å². The molecule has 0 heterocycles. The number of amides is 2. The largest absolute Gasteiger partial charge is 0.423 e. The number of hydrogen-bond donors (Lipinski definition) is 2. The summed E-state index contributed by atoms with van der Waals surface area (Å²) >= 11 is 0. The molecule has 0 fully saturated rings. The van der Waals surface area contributed by atoms with Crippen LogP contribution in [-0.4, -0.2) is 36.2 Å². The van der Waals surface area contributed by atoms with Crippen LogP contribution in [0.15, 0.2) is 119 Å². The molecule has 4 rings (SSSR count). The highest BCUT2D eigenvalue weighted by atomic mass is 16.5. The van der Waals surface area contributed by atoms with Crippen molar-refractivity contribution in [3.8, 4) is 11.5 Å². The molecule has 4 aromatic rings. The average Bonchev–Trinajstić information content (AvgIpc) is 3.08. The van der Waals surface area contributed by atoms with E-state index in [1.165, 1.54) is 12.4 Å². The van der Waals surface area contributed by atoms with Gasteiger partial charge < -0.3 is 9.47 Å². The molecule has 0 atom stereocenters. The highest BCUT2D eigenvalue weighted by molar-refractivity contribution is 5.92. The summed E-state index contributed by atoms with van der Waals surface area (Å²) in [6.45, 7) is 0. The van der Waals surface area contributed by atoms with Crippen LogP contribution in [0, 0.1) is 0 Å². The van der Waals surface area contributed by atoms with E-state index in [9.17, 15) is 19.2 Å². The van der Waals surface area contributed by atoms with Crippen LogP contribution in [0.4, 0.5) is 0 Å². The fourth-order valence-electron chi connectivity index (χ4n) is 4.12. The van der Waals surface area contributed by atoms with Crippen LogP contribution in [-0.2, 0) is 9.59 Å². The Morgan fingerprint density at radius 3 is 1.24 bits per heavy atom. The predicted molar refractivity (Wildman–Crippen MR) is 175 cm³/mol. The first-order valence-corrected chi connectivity index (χ1v) is 14.8. The zero-order chi connectivity index (χ0) is 32.4. The third-order valence-corrected chi connectivity index (χ3v) is 6.56. The average molecular weight is 619 g/mol. The van der Waals surface area contributed by atoms with Gasteiger partial charge in [0.1, 0.15) is 11.5 Å². The molecule has 0 radical (unpaired) electrons. The summed E-state index contributed by atoms with van der Waals surface area (Å²) in [7, 11) is 0. The van der Waals surface area contributed by atoms with Gasteiger partial charge in [0.25, 0.3) is 0 Å². The Hall–Kier alpha value is -5.90. The van der Waals surface area contributed by atoms with Gasteiger partial charge in [-0.3, -0.25) is 9.59 Å². The molecular formula is C36H34N4O6. The molecule has 2 amide bonds. The number of ether oxygens (including phenoxy) is 2. The number of nitrogens with zero attached hydrogens (tertiary/aromatic N) is 2. The highest BCUT2D eigenvalue weighted by Crippen LogP contribution is 2.15. The van der Waals surface area contributed by atoms with Crippen molar-refractivity contribution < 1.29 is 28.7 Å². The molecule has 0 aromatic heterocycles. The molecule has 46 heavy (non-hydrogen) atoms. The van der Waals surface area contributed by atoms with Crippen LogP contribution >= 0.6 is 0 Å². The Balaban J connectivity index is 1.03. The predicted octanol–water partition coefficient (Wildman–Crippen LogP) is 6.07. The Kier molecular flexibility index (Phi) is 12.9. The maximum Gasteiger partial charge on any atom is 0.343 e. The van der Waals surface area contributed by atoms with E-state index in [-0.39, 0.29) is 11.8 Å². The third-order valence-electron chi connectivity index (χ3n) is 6.56. The number of carbonyl (C=O) groups excluding carboxylic acids is 4. The fraction of sp³-hybridized carbons (Fsp3) is 0.167. The van der Waals surface area contributed by atoms with E-state index in [4.69, 9.17) is 9.47 Å². The lowest BCUT2D eigenvalue weighted by molar-refractivity contribution is -0.122. The summed E-state index contributed by atoms with van der Waals surface area (Å²) in [5.74, 6) is -0.445. The molecule has 0 saturated heterocycles. The van der Waals surface area contributed by atoms with Crippen molar-refractivity contribution in [2.24, 2.45) is 10.2 Å². The Bertz CT molecular complexity index is 1510. The molecule has 0 saturated carbocycles. The summed E-state index contributed by atoms with van der Waals surface area (Å²) < 4.78 is 10.7. The number of hydrazone groups is 2. The molecule has 2 N–H and O–H groups in total. The Morgan fingerprint density at radius 1 is 0.500 bits per heavy atom. The van der Waals surface area contributed by atoms with Gasteiger partial charge in [-0.25, -0.2) is 20.4 Å². The standard InChI is InChI=1S/C36H34N4O6/c41-33(39-37-25-27-17-21-31(22-18-27)45-35(43)29-11-5-3-6-12-29)15-9-1-2-10-16-34(42)40-38-26-28-19-23-32(24-20-28)46-36(44)30-13-7-4-8-14-30/h3-8,11-14,17-26H,1-2,9-10,15-16H2,(H,39,41)(H,40,42). The van der Waals surface area contributed by atoms with Gasteiger partial charge in [-0.05, 0) is 96.8 Å². The normalized spacial score (nSPS) is 10.9. The van der Waals surface area contributed by atoms with Gasteiger partial charge >= 0.3 is 11.9 Å².